The summed E-state index contributed by atoms with van der Waals surface area (Å²) in [7, 11) is 0. The second-order valence-electron chi connectivity index (χ2n) is 15.3. The Labute approximate surface area is 372 Å². The van der Waals surface area contributed by atoms with Gasteiger partial charge in [0.1, 0.15) is 23.0 Å². The van der Waals surface area contributed by atoms with Gasteiger partial charge in [-0.25, -0.2) is 19.9 Å². The van der Waals surface area contributed by atoms with Crippen LogP contribution in [0.3, 0.4) is 0 Å². The van der Waals surface area contributed by atoms with E-state index in [1.54, 1.807) is 17.0 Å². The summed E-state index contributed by atoms with van der Waals surface area (Å²) in [6.07, 6.45) is 0. The van der Waals surface area contributed by atoms with Crippen molar-refractivity contribution < 1.29 is 24.0 Å². The Morgan fingerprint density at radius 1 is 0.562 bits per heavy atom. The van der Waals surface area contributed by atoms with Gasteiger partial charge in [0.2, 0.25) is 0 Å². The van der Waals surface area contributed by atoms with Crippen molar-refractivity contribution in [2.24, 2.45) is 0 Å². The fraction of sp³-hybridized carbons (Fsp3) is 0.292. The van der Waals surface area contributed by atoms with E-state index in [4.69, 9.17) is 25.2 Å². The second-order valence-corrected chi connectivity index (χ2v) is 15.3. The van der Waals surface area contributed by atoms with E-state index in [-0.39, 0.29) is 32.4 Å². The van der Waals surface area contributed by atoms with E-state index in [9.17, 15) is 19.7 Å². The van der Waals surface area contributed by atoms with Gasteiger partial charge >= 0.3 is 0 Å². The van der Waals surface area contributed by atoms with E-state index < -0.39 is 4.92 Å². The zero-order valence-electron chi connectivity index (χ0n) is 33.9. The molecular weight excluding hydrogens is 813 g/mol. The molecule has 330 valence electrons. The molecule has 64 heavy (non-hydrogen) atoms. The highest BCUT2D eigenvalue weighted by Crippen LogP contribution is 2.35. The molecule has 0 spiro atoms. The Morgan fingerprint density at radius 3 is 1.34 bits per heavy atom. The van der Waals surface area contributed by atoms with Gasteiger partial charge < -0.3 is 34.8 Å². The van der Waals surface area contributed by atoms with Crippen molar-refractivity contribution in [3.8, 4) is 22.8 Å². The Hall–Kier alpha value is -7.30. The van der Waals surface area contributed by atoms with Crippen LogP contribution in [-0.2, 0) is 35.7 Å². The lowest BCUT2D eigenvalue weighted by atomic mass is 10.1. The van der Waals surface area contributed by atoms with E-state index in [1.807, 2.05) is 89.8 Å². The summed E-state index contributed by atoms with van der Waals surface area (Å²) in [5.74, 6) is 2.31. The van der Waals surface area contributed by atoms with Gasteiger partial charge in [-0.1, -0.05) is 75.5 Å². The number of aromatic nitrogens is 4. The van der Waals surface area contributed by atoms with Crippen molar-refractivity contribution in [2.45, 2.75) is 41.0 Å². The number of morpholine rings is 2. The van der Waals surface area contributed by atoms with E-state index in [1.165, 1.54) is 12.1 Å². The zero-order valence-corrected chi connectivity index (χ0v) is 33.9. The molecule has 6 heterocycles. The number of nitro benzene ring substituents is 1. The summed E-state index contributed by atoms with van der Waals surface area (Å²) in [4.78, 5) is 64.0. The minimum Gasteiger partial charge on any atom is -0.399 e. The first-order chi connectivity index (χ1) is 30.3. The molecule has 16 nitrogen and oxygen atoms in total. The van der Waals surface area contributed by atoms with Crippen LogP contribution in [0, 0.1) is 10.1 Å². The quantitative estimate of drug-likeness (QED) is 0.0888. The number of ether oxygens (including phenoxy) is 2. The number of amides is 2. The SMILES string of the molecule is C.C.Nc1ccc(-c2nc3c(c(N4CCOCC4)n2)CN(Cc2ccccc2)C3=O)cc1.O=C1c2nc(-c3ccc([N+](=O)[O-])cc3)nc(N3CCOCC3)c2CN1Cc1ccccc1. The first-order valence-electron chi connectivity index (χ1n) is 20.5. The van der Waals surface area contributed by atoms with Crippen LogP contribution < -0.4 is 15.5 Å². The van der Waals surface area contributed by atoms with Crippen molar-refractivity contribution >= 4 is 34.8 Å². The second kappa shape index (κ2) is 19.8. The van der Waals surface area contributed by atoms with Crippen LogP contribution in [0.2, 0.25) is 0 Å². The Bertz CT molecular complexity index is 2590. The highest BCUT2D eigenvalue weighted by Gasteiger charge is 2.36. The molecule has 0 radical (unpaired) electrons. The summed E-state index contributed by atoms with van der Waals surface area (Å²) >= 11 is 0. The lowest BCUT2D eigenvalue weighted by molar-refractivity contribution is -0.384. The average molecular weight is 865 g/mol. The molecule has 4 aromatic carbocycles. The molecule has 0 aliphatic carbocycles. The van der Waals surface area contributed by atoms with Crippen LogP contribution in [-0.4, -0.2) is 99.1 Å². The number of rotatable bonds is 9. The molecule has 6 aromatic rings. The molecule has 10 rings (SSSR count). The van der Waals surface area contributed by atoms with Crippen LogP contribution in [0.1, 0.15) is 58.1 Å². The van der Waals surface area contributed by atoms with E-state index in [0.717, 1.165) is 52.5 Å². The van der Waals surface area contributed by atoms with Gasteiger partial charge in [0, 0.05) is 79.3 Å². The van der Waals surface area contributed by atoms with Crippen LogP contribution in [0.4, 0.5) is 23.0 Å². The Balaban J connectivity index is 0.000000186. The highest BCUT2D eigenvalue weighted by atomic mass is 16.6. The average Bonchev–Trinajstić information content (AvgIpc) is 3.81. The number of fused-ring (bicyclic) bond motifs is 2. The van der Waals surface area contributed by atoms with Crippen LogP contribution in [0.25, 0.3) is 22.8 Å². The third kappa shape index (κ3) is 9.52. The monoisotopic (exact) mass is 864 g/mol. The normalized spacial score (nSPS) is 15.4. The predicted molar refractivity (Wildman–Crippen MR) is 246 cm³/mol. The van der Waals surface area contributed by atoms with Gasteiger partial charge in [0.15, 0.2) is 11.6 Å². The number of anilines is 3. The molecule has 2 saturated heterocycles. The third-order valence-corrected chi connectivity index (χ3v) is 11.2. The number of nitrogen functional groups attached to an aromatic ring is 1. The van der Waals surface area contributed by atoms with Crippen molar-refractivity contribution in [3.63, 3.8) is 0 Å². The molecule has 2 aromatic heterocycles. The van der Waals surface area contributed by atoms with Gasteiger partial charge in [-0.15, -0.1) is 0 Å². The smallest absolute Gasteiger partial charge is 0.273 e. The molecular formula is C48H52N10O6. The van der Waals surface area contributed by atoms with Crippen LogP contribution in [0.15, 0.2) is 109 Å². The largest absolute Gasteiger partial charge is 0.399 e. The molecule has 0 atom stereocenters. The van der Waals surface area contributed by atoms with Crippen LogP contribution in [0.5, 0.6) is 0 Å². The number of non-ortho nitro benzene ring substituents is 1. The van der Waals surface area contributed by atoms with Gasteiger partial charge in [-0.2, -0.15) is 0 Å². The summed E-state index contributed by atoms with van der Waals surface area (Å²) in [5.41, 5.74) is 12.7. The molecule has 4 aliphatic rings. The number of nitro groups is 1. The van der Waals surface area contributed by atoms with Crippen LogP contribution >= 0.6 is 0 Å². The number of hydrogen-bond acceptors (Lipinski definition) is 13. The Morgan fingerprint density at radius 2 is 0.953 bits per heavy atom. The Kier molecular flexibility index (Phi) is 13.9. The molecule has 2 fully saturated rings. The van der Waals surface area contributed by atoms with E-state index >= 15 is 0 Å². The molecule has 4 aliphatic heterocycles. The minimum absolute atomic E-state index is 0. The summed E-state index contributed by atoms with van der Waals surface area (Å²) in [5, 5.41) is 11.0. The topological polar surface area (TPSA) is 186 Å². The van der Waals surface area contributed by atoms with Gasteiger partial charge in [0.05, 0.1) is 44.4 Å². The molecule has 0 saturated carbocycles. The number of nitrogens with zero attached hydrogens (tertiary/aromatic N) is 9. The third-order valence-electron chi connectivity index (χ3n) is 11.2. The van der Waals surface area contributed by atoms with Crippen molar-refractivity contribution in [2.75, 3.05) is 68.1 Å². The lowest BCUT2D eigenvalue weighted by Gasteiger charge is -2.29. The van der Waals surface area contributed by atoms with Crippen molar-refractivity contribution in [1.82, 2.24) is 29.7 Å². The summed E-state index contributed by atoms with van der Waals surface area (Å²) in [6.45, 7) is 7.33. The number of nitrogens with two attached hydrogens (primary N) is 1. The minimum atomic E-state index is -0.447. The van der Waals surface area contributed by atoms with Crippen molar-refractivity contribution in [1.29, 1.82) is 0 Å². The van der Waals surface area contributed by atoms with Gasteiger partial charge in [0.25, 0.3) is 17.5 Å². The fourth-order valence-corrected chi connectivity index (χ4v) is 7.97. The molecule has 2 N–H and O–H groups in total. The maximum atomic E-state index is 13.3. The number of benzene rings is 4. The van der Waals surface area contributed by atoms with Gasteiger partial charge in [-0.3, -0.25) is 19.7 Å². The van der Waals surface area contributed by atoms with E-state index in [0.29, 0.717) is 100.0 Å². The number of carbonyl (C=O) groups excluding carboxylic acids is 2. The molecule has 0 bridgehead atoms. The van der Waals surface area contributed by atoms with Gasteiger partial charge in [-0.05, 0) is 47.5 Å². The first-order valence-corrected chi connectivity index (χ1v) is 20.5. The number of carbonyl (C=O) groups is 2. The molecule has 2 amide bonds. The maximum Gasteiger partial charge on any atom is 0.273 e. The number of hydrogen-bond donors (Lipinski definition) is 1. The summed E-state index contributed by atoms with van der Waals surface area (Å²) < 4.78 is 11.0. The predicted octanol–water partition coefficient (Wildman–Crippen LogP) is 7.04. The molecule has 0 unspecified atom stereocenters. The van der Waals surface area contributed by atoms with E-state index in [2.05, 4.69) is 19.8 Å². The highest BCUT2D eigenvalue weighted by molar-refractivity contribution is 5.99. The fourth-order valence-electron chi connectivity index (χ4n) is 7.97. The zero-order chi connectivity index (χ0) is 42.6. The molecule has 16 heteroatoms. The lowest BCUT2D eigenvalue weighted by Crippen LogP contribution is -2.37. The summed E-state index contributed by atoms with van der Waals surface area (Å²) in [6, 6.07) is 33.4. The first kappa shape index (κ1) is 44.7. The maximum absolute atomic E-state index is 13.3. The standard InChI is InChI=1S/C23H21N5O4.C23H23N5O2.2CH4/c29-23-20-19(15-27(23)14-16-4-2-1-3-5-16)22(26-10-12-32-13-11-26)25-21(24-20)17-6-8-18(9-7-17)28(30)31;24-18-8-6-17(7-9-18)21-25-20-19(22(26-21)27-10-12-30-13-11-27)15-28(23(20)29)14-16-4-2-1-3-5-16;;/h1-9H,10-15H2;1-9H,10-15,24H2;2*1H4. The van der Waals surface area contributed by atoms with Crippen molar-refractivity contribution in [3.05, 3.63) is 153 Å².